The number of hydrogen-bond acceptors (Lipinski definition) is 5. The second-order valence-corrected chi connectivity index (χ2v) is 12.5. The highest BCUT2D eigenvalue weighted by molar-refractivity contribution is 7.91. The average molecular weight is 475 g/mol. The molecular weight excluding hydrogens is 444 g/mol. The molecule has 4 aromatic rings. The SMILES string of the molecule is CC(C)(C)c1cc(-c2nnc(-c3ccc(S(=O)(=O)c4ccccc4)cc3)o2)cc(C(C)(C)C)c1. The first kappa shape index (κ1) is 23.9. The third-order valence-corrected chi connectivity index (χ3v) is 7.59. The zero-order chi connectivity index (χ0) is 24.7. The molecule has 5 nitrogen and oxygen atoms in total. The van der Waals surface area contributed by atoms with Gasteiger partial charge in [-0.2, -0.15) is 0 Å². The normalized spacial score (nSPS) is 12.6. The van der Waals surface area contributed by atoms with Crippen molar-refractivity contribution in [2.24, 2.45) is 0 Å². The van der Waals surface area contributed by atoms with Gasteiger partial charge in [0.2, 0.25) is 21.6 Å². The summed E-state index contributed by atoms with van der Waals surface area (Å²) in [4.78, 5) is 0.478. The monoisotopic (exact) mass is 474 g/mol. The molecule has 0 atom stereocenters. The highest BCUT2D eigenvalue weighted by Crippen LogP contribution is 2.34. The second-order valence-electron chi connectivity index (χ2n) is 10.6. The van der Waals surface area contributed by atoms with Crippen LogP contribution in [0.1, 0.15) is 52.7 Å². The topological polar surface area (TPSA) is 73.1 Å². The first-order chi connectivity index (χ1) is 15.9. The van der Waals surface area contributed by atoms with Gasteiger partial charge in [0, 0.05) is 11.1 Å². The minimum Gasteiger partial charge on any atom is -0.416 e. The van der Waals surface area contributed by atoms with Crippen LogP contribution in [0.3, 0.4) is 0 Å². The first-order valence-corrected chi connectivity index (χ1v) is 12.7. The Balaban J connectivity index is 1.68. The van der Waals surface area contributed by atoms with E-state index in [1.165, 1.54) is 11.1 Å². The summed E-state index contributed by atoms with van der Waals surface area (Å²) in [7, 11) is -3.58. The van der Waals surface area contributed by atoms with Gasteiger partial charge < -0.3 is 4.42 Å². The summed E-state index contributed by atoms with van der Waals surface area (Å²) in [6, 6.07) is 21.4. The number of nitrogens with zero attached hydrogens (tertiary/aromatic N) is 2. The van der Waals surface area contributed by atoms with Crippen molar-refractivity contribution in [3.63, 3.8) is 0 Å². The van der Waals surface area contributed by atoms with Crippen molar-refractivity contribution in [3.8, 4) is 22.9 Å². The lowest BCUT2D eigenvalue weighted by Crippen LogP contribution is -2.16. The summed E-state index contributed by atoms with van der Waals surface area (Å²) in [5.41, 5.74) is 3.88. The Hall–Kier alpha value is -3.25. The van der Waals surface area contributed by atoms with Crippen molar-refractivity contribution in [2.45, 2.75) is 62.2 Å². The van der Waals surface area contributed by atoms with Gasteiger partial charge in [-0.15, -0.1) is 10.2 Å². The fourth-order valence-electron chi connectivity index (χ4n) is 3.59. The predicted molar refractivity (Wildman–Crippen MR) is 134 cm³/mol. The molecule has 176 valence electrons. The number of rotatable bonds is 4. The quantitative estimate of drug-likeness (QED) is 0.324. The van der Waals surface area contributed by atoms with Crippen molar-refractivity contribution >= 4 is 9.84 Å². The van der Waals surface area contributed by atoms with E-state index in [-0.39, 0.29) is 20.6 Å². The molecule has 0 N–H and O–H groups in total. The van der Waals surface area contributed by atoms with E-state index in [1.54, 1.807) is 54.6 Å². The van der Waals surface area contributed by atoms with E-state index in [1.807, 2.05) is 0 Å². The maximum atomic E-state index is 12.8. The van der Waals surface area contributed by atoms with Crippen molar-refractivity contribution in [1.29, 1.82) is 0 Å². The molecule has 34 heavy (non-hydrogen) atoms. The van der Waals surface area contributed by atoms with Crippen LogP contribution in [0.25, 0.3) is 22.9 Å². The van der Waals surface area contributed by atoms with Crippen molar-refractivity contribution in [1.82, 2.24) is 10.2 Å². The third-order valence-electron chi connectivity index (χ3n) is 5.80. The van der Waals surface area contributed by atoms with Crippen LogP contribution in [0.5, 0.6) is 0 Å². The lowest BCUT2D eigenvalue weighted by atomic mass is 9.79. The highest BCUT2D eigenvalue weighted by atomic mass is 32.2. The smallest absolute Gasteiger partial charge is 0.248 e. The van der Waals surface area contributed by atoms with Crippen LogP contribution in [0.2, 0.25) is 0 Å². The number of sulfone groups is 1. The molecule has 0 aliphatic carbocycles. The molecule has 0 bridgehead atoms. The summed E-state index contributed by atoms with van der Waals surface area (Å²) < 4.78 is 31.7. The summed E-state index contributed by atoms with van der Waals surface area (Å²) in [6.07, 6.45) is 0. The minimum absolute atomic E-state index is 0.0288. The zero-order valence-electron chi connectivity index (χ0n) is 20.5. The van der Waals surface area contributed by atoms with Gasteiger partial charge in [0.15, 0.2) is 0 Å². The van der Waals surface area contributed by atoms with Crippen molar-refractivity contribution in [2.75, 3.05) is 0 Å². The van der Waals surface area contributed by atoms with E-state index >= 15 is 0 Å². The number of aromatic nitrogens is 2. The van der Waals surface area contributed by atoms with E-state index in [0.717, 1.165) is 5.56 Å². The molecule has 0 aliphatic rings. The predicted octanol–water partition coefficient (Wildman–Crippen LogP) is 6.83. The molecule has 0 unspecified atom stereocenters. The van der Waals surface area contributed by atoms with Crippen molar-refractivity contribution < 1.29 is 12.8 Å². The van der Waals surface area contributed by atoms with Gasteiger partial charge in [0.1, 0.15) is 0 Å². The van der Waals surface area contributed by atoms with Crippen LogP contribution >= 0.6 is 0 Å². The van der Waals surface area contributed by atoms with Crippen LogP contribution in [0, 0.1) is 0 Å². The highest BCUT2D eigenvalue weighted by Gasteiger charge is 2.23. The Morgan fingerprint density at radius 2 is 1.09 bits per heavy atom. The van der Waals surface area contributed by atoms with E-state index in [4.69, 9.17) is 4.42 Å². The molecule has 0 spiro atoms. The van der Waals surface area contributed by atoms with E-state index in [9.17, 15) is 8.42 Å². The summed E-state index contributed by atoms with van der Waals surface area (Å²) in [5.74, 6) is 0.782. The van der Waals surface area contributed by atoms with Gasteiger partial charge in [-0.25, -0.2) is 8.42 Å². The molecule has 0 amide bonds. The fraction of sp³-hybridized carbons (Fsp3) is 0.286. The molecular formula is C28H30N2O3S. The maximum Gasteiger partial charge on any atom is 0.248 e. The molecule has 6 heteroatoms. The van der Waals surface area contributed by atoms with Gasteiger partial charge in [-0.3, -0.25) is 0 Å². The fourth-order valence-corrected chi connectivity index (χ4v) is 4.87. The summed E-state index contributed by atoms with van der Waals surface area (Å²) in [5, 5.41) is 8.52. The molecule has 0 saturated heterocycles. The summed E-state index contributed by atoms with van der Waals surface area (Å²) >= 11 is 0. The Morgan fingerprint density at radius 1 is 0.618 bits per heavy atom. The van der Waals surface area contributed by atoms with E-state index in [0.29, 0.717) is 17.3 Å². The van der Waals surface area contributed by atoms with Gasteiger partial charge in [0.05, 0.1) is 9.79 Å². The van der Waals surface area contributed by atoms with Gasteiger partial charge in [-0.1, -0.05) is 65.8 Å². The number of benzene rings is 3. The molecule has 4 rings (SSSR count). The van der Waals surface area contributed by atoms with Crippen LogP contribution in [0.15, 0.2) is 87.0 Å². The van der Waals surface area contributed by atoms with E-state index < -0.39 is 9.84 Å². The maximum absolute atomic E-state index is 12.8. The molecule has 0 aliphatic heterocycles. The summed E-state index contributed by atoms with van der Waals surface area (Å²) in [6.45, 7) is 13.1. The molecule has 0 fully saturated rings. The molecule has 0 saturated carbocycles. The van der Waals surface area contributed by atoms with Crippen LogP contribution < -0.4 is 0 Å². The van der Waals surface area contributed by atoms with Crippen molar-refractivity contribution in [3.05, 3.63) is 83.9 Å². The van der Waals surface area contributed by atoms with Crippen LogP contribution in [0.4, 0.5) is 0 Å². The number of hydrogen-bond donors (Lipinski definition) is 0. The lowest BCUT2D eigenvalue weighted by molar-refractivity contribution is 0.564. The Bertz CT molecular complexity index is 1380. The van der Waals surface area contributed by atoms with Gasteiger partial charge in [0.25, 0.3) is 0 Å². The molecule has 1 heterocycles. The lowest BCUT2D eigenvalue weighted by Gasteiger charge is -2.25. The standard InChI is InChI=1S/C28H30N2O3S/c1-27(2,3)21-16-20(17-22(18-21)28(4,5)6)26-30-29-25(33-26)19-12-14-24(15-13-19)34(31,32)23-10-8-7-9-11-23/h7-18H,1-6H3. The Labute approximate surface area is 201 Å². The molecule has 1 aromatic heterocycles. The second kappa shape index (κ2) is 8.51. The minimum atomic E-state index is -3.58. The largest absolute Gasteiger partial charge is 0.416 e. The molecule has 0 radical (unpaired) electrons. The van der Waals surface area contributed by atoms with Crippen LogP contribution in [-0.4, -0.2) is 18.6 Å². The Kier molecular flexibility index (Phi) is 5.98. The van der Waals surface area contributed by atoms with E-state index in [2.05, 4.69) is 69.9 Å². The average Bonchev–Trinajstić information content (AvgIpc) is 3.29. The Morgan fingerprint density at radius 3 is 1.59 bits per heavy atom. The zero-order valence-corrected chi connectivity index (χ0v) is 21.3. The molecule has 3 aromatic carbocycles. The van der Waals surface area contributed by atoms with Crippen LogP contribution in [-0.2, 0) is 20.7 Å². The first-order valence-electron chi connectivity index (χ1n) is 11.3. The third kappa shape index (κ3) is 4.82. The van der Waals surface area contributed by atoms with Gasteiger partial charge in [-0.05, 0) is 70.5 Å². The van der Waals surface area contributed by atoms with Gasteiger partial charge >= 0.3 is 0 Å².